The Labute approximate surface area is 90.4 Å². The zero-order valence-electron chi connectivity index (χ0n) is 9.24. The number of aryl methyl sites for hydroxylation is 1. The smallest absolute Gasteiger partial charge is 0.101 e. The van der Waals surface area contributed by atoms with E-state index >= 15 is 0 Å². The Morgan fingerprint density at radius 1 is 1.40 bits per heavy atom. The van der Waals surface area contributed by atoms with E-state index in [0.717, 1.165) is 31.0 Å². The normalized spacial score (nSPS) is 17.0. The third kappa shape index (κ3) is 2.81. The summed E-state index contributed by atoms with van der Waals surface area (Å²) >= 11 is 0. The Kier molecular flexibility index (Phi) is 3.37. The number of nitrogens with zero attached hydrogens (tertiary/aromatic N) is 3. The maximum absolute atomic E-state index is 4.52. The standard InChI is InChI=1S/C11H18N4/c1-2-15-9-10(8-13-15)14-11-6-4-3-5-7-12-11/h8-9H,2-7H2,1H3,(H,12,14). The molecule has 0 saturated heterocycles. The van der Waals surface area contributed by atoms with Crippen LogP contribution in [0.15, 0.2) is 17.4 Å². The van der Waals surface area contributed by atoms with Crippen LogP contribution >= 0.6 is 0 Å². The molecule has 15 heavy (non-hydrogen) atoms. The van der Waals surface area contributed by atoms with Gasteiger partial charge in [0.05, 0.1) is 11.9 Å². The fourth-order valence-corrected chi connectivity index (χ4v) is 1.74. The van der Waals surface area contributed by atoms with Gasteiger partial charge in [-0.25, -0.2) is 0 Å². The molecule has 0 bridgehead atoms. The number of hydrogen-bond acceptors (Lipinski definition) is 3. The number of aliphatic imine (C=N–C) groups is 1. The highest BCUT2D eigenvalue weighted by molar-refractivity contribution is 5.95. The molecule has 1 aromatic rings. The summed E-state index contributed by atoms with van der Waals surface area (Å²) in [7, 11) is 0. The maximum atomic E-state index is 4.52. The lowest BCUT2D eigenvalue weighted by Crippen LogP contribution is -2.10. The van der Waals surface area contributed by atoms with Crippen LogP contribution in [-0.4, -0.2) is 22.2 Å². The first-order valence-corrected chi connectivity index (χ1v) is 5.71. The SMILES string of the molecule is CCn1cc(NC2=NCCCCC2)cn1. The number of amidine groups is 1. The van der Waals surface area contributed by atoms with Gasteiger partial charge < -0.3 is 5.32 Å². The molecule has 2 rings (SSSR count). The minimum atomic E-state index is 0.911. The highest BCUT2D eigenvalue weighted by Gasteiger charge is 2.05. The second-order valence-corrected chi connectivity index (χ2v) is 3.85. The summed E-state index contributed by atoms with van der Waals surface area (Å²) < 4.78 is 1.92. The number of rotatable bonds is 2. The Morgan fingerprint density at radius 3 is 3.13 bits per heavy atom. The molecule has 82 valence electrons. The second-order valence-electron chi connectivity index (χ2n) is 3.85. The molecule has 0 radical (unpaired) electrons. The van der Waals surface area contributed by atoms with E-state index in [1.54, 1.807) is 0 Å². The van der Waals surface area contributed by atoms with Crippen molar-refractivity contribution in [2.75, 3.05) is 11.9 Å². The Hall–Kier alpha value is -1.32. The van der Waals surface area contributed by atoms with Crippen LogP contribution in [-0.2, 0) is 6.54 Å². The van der Waals surface area contributed by atoms with E-state index in [9.17, 15) is 0 Å². The fraction of sp³-hybridized carbons (Fsp3) is 0.636. The van der Waals surface area contributed by atoms with Crippen molar-refractivity contribution in [3.05, 3.63) is 12.4 Å². The van der Waals surface area contributed by atoms with Crippen molar-refractivity contribution in [2.24, 2.45) is 4.99 Å². The van der Waals surface area contributed by atoms with Gasteiger partial charge in [0.2, 0.25) is 0 Å². The molecule has 1 aliphatic rings. The van der Waals surface area contributed by atoms with Crippen molar-refractivity contribution < 1.29 is 0 Å². The Bertz CT molecular complexity index is 340. The van der Waals surface area contributed by atoms with Gasteiger partial charge in [-0.1, -0.05) is 6.42 Å². The van der Waals surface area contributed by atoms with Crippen LogP contribution in [0.4, 0.5) is 5.69 Å². The first kappa shape index (κ1) is 10.2. The van der Waals surface area contributed by atoms with E-state index in [-0.39, 0.29) is 0 Å². The lowest BCUT2D eigenvalue weighted by molar-refractivity contribution is 0.660. The van der Waals surface area contributed by atoms with Gasteiger partial charge in [0.25, 0.3) is 0 Å². The van der Waals surface area contributed by atoms with Crippen LogP contribution in [0.5, 0.6) is 0 Å². The molecule has 0 unspecified atom stereocenters. The maximum Gasteiger partial charge on any atom is 0.101 e. The van der Waals surface area contributed by atoms with E-state index in [1.807, 2.05) is 17.1 Å². The molecular formula is C11H18N4. The summed E-state index contributed by atoms with van der Waals surface area (Å²) in [6, 6.07) is 0. The van der Waals surface area contributed by atoms with E-state index in [1.165, 1.54) is 19.3 Å². The predicted octanol–water partition coefficient (Wildman–Crippen LogP) is 2.29. The summed E-state index contributed by atoms with van der Waals surface area (Å²) in [6.45, 7) is 3.96. The first-order valence-electron chi connectivity index (χ1n) is 5.71. The minimum absolute atomic E-state index is 0.911. The molecule has 0 fully saturated rings. The van der Waals surface area contributed by atoms with Crippen molar-refractivity contribution in [2.45, 2.75) is 39.2 Å². The molecule has 4 nitrogen and oxygen atoms in total. The van der Waals surface area contributed by atoms with E-state index in [0.29, 0.717) is 0 Å². The molecule has 0 atom stereocenters. The largest absolute Gasteiger partial charge is 0.342 e. The Morgan fingerprint density at radius 2 is 2.33 bits per heavy atom. The molecule has 2 heterocycles. The number of aromatic nitrogens is 2. The molecular weight excluding hydrogens is 188 g/mol. The van der Waals surface area contributed by atoms with E-state index < -0.39 is 0 Å². The van der Waals surface area contributed by atoms with Gasteiger partial charge >= 0.3 is 0 Å². The van der Waals surface area contributed by atoms with Crippen molar-refractivity contribution in [3.63, 3.8) is 0 Å². The van der Waals surface area contributed by atoms with Gasteiger partial charge in [-0.2, -0.15) is 5.10 Å². The summed E-state index contributed by atoms with van der Waals surface area (Å²) in [5, 5.41) is 7.56. The second kappa shape index (κ2) is 4.96. The van der Waals surface area contributed by atoms with Gasteiger partial charge in [-0.15, -0.1) is 0 Å². The van der Waals surface area contributed by atoms with Crippen LogP contribution < -0.4 is 5.32 Å². The van der Waals surface area contributed by atoms with E-state index in [2.05, 4.69) is 22.3 Å². The van der Waals surface area contributed by atoms with Crippen molar-refractivity contribution >= 4 is 11.5 Å². The van der Waals surface area contributed by atoms with Crippen molar-refractivity contribution in [1.29, 1.82) is 0 Å². The monoisotopic (exact) mass is 206 g/mol. The molecule has 4 heteroatoms. The van der Waals surface area contributed by atoms with Gasteiger partial charge in [0, 0.05) is 25.7 Å². The average Bonchev–Trinajstić information content (AvgIpc) is 2.54. The van der Waals surface area contributed by atoms with Gasteiger partial charge in [-0.3, -0.25) is 9.67 Å². The third-order valence-electron chi connectivity index (χ3n) is 2.62. The van der Waals surface area contributed by atoms with E-state index in [4.69, 9.17) is 0 Å². The molecule has 0 aromatic carbocycles. The topological polar surface area (TPSA) is 42.2 Å². The van der Waals surface area contributed by atoms with Crippen LogP contribution in [0.25, 0.3) is 0 Å². The molecule has 1 aliphatic heterocycles. The van der Waals surface area contributed by atoms with Gasteiger partial charge in [-0.05, 0) is 19.8 Å². The number of nitrogens with one attached hydrogen (secondary N) is 1. The lowest BCUT2D eigenvalue weighted by Gasteiger charge is -2.04. The summed E-state index contributed by atoms with van der Waals surface area (Å²) in [6.07, 6.45) is 8.71. The molecule has 1 N–H and O–H groups in total. The van der Waals surface area contributed by atoms with Crippen molar-refractivity contribution in [1.82, 2.24) is 9.78 Å². The lowest BCUT2D eigenvalue weighted by atomic mass is 10.2. The third-order valence-corrected chi connectivity index (χ3v) is 2.62. The van der Waals surface area contributed by atoms with Crippen LogP contribution in [0.2, 0.25) is 0 Å². The van der Waals surface area contributed by atoms with Crippen molar-refractivity contribution in [3.8, 4) is 0 Å². The molecule has 0 spiro atoms. The van der Waals surface area contributed by atoms with Crippen LogP contribution in [0.1, 0.15) is 32.6 Å². The first-order chi connectivity index (χ1) is 7.38. The highest BCUT2D eigenvalue weighted by Crippen LogP contribution is 2.11. The Balaban J connectivity index is 1.97. The predicted molar refractivity (Wildman–Crippen MR) is 62.3 cm³/mol. The summed E-state index contributed by atoms with van der Waals surface area (Å²) in [5.41, 5.74) is 1.05. The average molecular weight is 206 g/mol. The van der Waals surface area contributed by atoms with Gasteiger partial charge in [0.15, 0.2) is 0 Å². The quantitative estimate of drug-likeness (QED) is 0.806. The van der Waals surface area contributed by atoms with Crippen LogP contribution in [0, 0.1) is 0 Å². The number of anilines is 1. The number of hydrogen-bond donors (Lipinski definition) is 1. The summed E-state index contributed by atoms with van der Waals surface area (Å²) in [4.78, 5) is 4.52. The molecule has 0 saturated carbocycles. The van der Waals surface area contributed by atoms with Gasteiger partial charge in [0.1, 0.15) is 5.84 Å². The fourth-order valence-electron chi connectivity index (χ4n) is 1.74. The molecule has 1 aromatic heterocycles. The highest BCUT2D eigenvalue weighted by atomic mass is 15.3. The summed E-state index contributed by atoms with van der Waals surface area (Å²) in [5.74, 6) is 1.11. The minimum Gasteiger partial charge on any atom is -0.342 e. The zero-order chi connectivity index (χ0) is 10.5. The zero-order valence-corrected chi connectivity index (χ0v) is 9.24. The molecule has 0 aliphatic carbocycles. The molecule has 0 amide bonds. The van der Waals surface area contributed by atoms with Crippen LogP contribution in [0.3, 0.4) is 0 Å².